The summed E-state index contributed by atoms with van der Waals surface area (Å²) in [5, 5.41) is 3.16. The Balaban J connectivity index is 2.12. The number of nitrogens with one attached hydrogen (secondary N) is 1. The Morgan fingerprint density at radius 2 is 2.57 bits per heavy atom. The van der Waals surface area contributed by atoms with Crippen LogP contribution >= 0.6 is 0 Å². The molecule has 1 aliphatic rings. The van der Waals surface area contributed by atoms with Crippen molar-refractivity contribution in [2.75, 3.05) is 13.2 Å². The molecule has 0 aromatic carbocycles. The Morgan fingerprint density at radius 1 is 1.71 bits per heavy atom. The van der Waals surface area contributed by atoms with Crippen molar-refractivity contribution in [2.45, 2.75) is 19.6 Å². The summed E-state index contributed by atoms with van der Waals surface area (Å²) in [6, 6.07) is 0. The highest BCUT2D eigenvalue weighted by Gasteiger charge is 2.04. The second-order valence-electron chi connectivity index (χ2n) is 1.82. The fourth-order valence-corrected chi connectivity index (χ4v) is 0.697. The molecule has 0 aromatic rings. The maximum absolute atomic E-state index is 5.17. The van der Waals surface area contributed by atoms with Gasteiger partial charge in [0, 0.05) is 6.61 Å². The van der Waals surface area contributed by atoms with E-state index in [-0.39, 0.29) is 6.23 Å². The van der Waals surface area contributed by atoms with Crippen molar-refractivity contribution in [3.05, 3.63) is 0 Å². The van der Waals surface area contributed by atoms with Crippen LogP contribution in [0, 0.1) is 0 Å². The highest BCUT2D eigenvalue weighted by atomic mass is 16.5. The molecule has 0 spiro atoms. The van der Waals surface area contributed by atoms with E-state index in [1.807, 2.05) is 6.92 Å². The van der Waals surface area contributed by atoms with Gasteiger partial charge in [-0.3, -0.25) is 5.32 Å². The molecule has 1 rings (SSSR count). The van der Waals surface area contributed by atoms with E-state index in [0.717, 1.165) is 19.6 Å². The zero-order chi connectivity index (χ0) is 5.11. The molecule has 1 aliphatic heterocycles. The van der Waals surface area contributed by atoms with Gasteiger partial charge >= 0.3 is 0 Å². The number of rotatable bonds is 0. The first-order chi connectivity index (χ1) is 3.39. The molecule has 7 heavy (non-hydrogen) atoms. The van der Waals surface area contributed by atoms with Crippen LogP contribution < -0.4 is 5.32 Å². The lowest BCUT2D eigenvalue weighted by Crippen LogP contribution is -2.35. The molecule has 0 amide bonds. The van der Waals surface area contributed by atoms with Gasteiger partial charge in [0.05, 0.1) is 0 Å². The predicted octanol–water partition coefficient (Wildman–Crippen LogP) is 0.342. The van der Waals surface area contributed by atoms with E-state index in [1.165, 1.54) is 0 Å². The maximum Gasteiger partial charge on any atom is 0.105 e. The van der Waals surface area contributed by atoms with E-state index >= 15 is 0 Å². The molecule has 0 saturated carbocycles. The van der Waals surface area contributed by atoms with Crippen LogP contribution in [0.4, 0.5) is 0 Å². The molecular formula is C5H11NO. The molecule has 0 radical (unpaired) electrons. The quantitative estimate of drug-likeness (QED) is 0.475. The molecule has 42 valence electrons. The molecule has 2 heteroatoms. The van der Waals surface area contributed by atoms with E-state index < -0.39 is 0 Å². The van der Waals surface area contributed by atoms with Crippen LogP contribution in [0.1, 0.15) is 13.3 Å². The molecule has 1 fully saturated rings. The highest BCUT2D eigenvalue weighted by molar-refractivity contribution is 4.54. The number of hydrogen-bond donors (Lipinski definition) is 1. The van der Waals surface area contributed by atoms with Crippen molar-refractivity contribution >= 4 is 0 Å². The minimum absolute atomic E-state index is 0.286. The predicted molar refractivity (Wildman–Crippen MR) is 28.0 cm³/mol. The molecule has 2 nitrogen and oxygen atoms in total. The fourth-order valence-electron chi connectivity index (χ4n) is 0.697. The van der Waals surface area contributed by atoms with Crippen molar-refractivity contribution in [1.29, 1.82) is 0 Å². The lowest BCUT2D eigenvalue weighted by molar-refractivity contribution is 0.0139. The second kappa shape index (κ2) is 2.28. The Morgan fingerprint density at radius 3 is 2.86 bits per heavy atom. The highest BCUT2D eigenvalue weighted by Crippen LogP contribution is 1.93. The molecular weight excluding hydrogens is 90.1 g/mol. The maximum atomic E-state index is 5.17. The molecule has 0 aliphatic carbocycles. The minimum atomic E-state index is 0.286. The van der Waals surface area contributed by atoms with Gasteiger partial charge < -0.3 is 4.74 Å². The first-order valence-electron chi connectivity index (χ1n) is 2.74. The van der Waals surface area contributed by atoms with Gasteiger partial charge in [0.1, 0.15) is 6.23 Å². The van der Waals surface area contributed by atoms with Gasteiger partial charge in [-0.2, -0.15) is 0 Å². The van der Waals surface area contributed by atoms with E-state index in [4.69, 9.17) is 4.74 Å². The standard InChI is InChI=1S/C5H11NO/c1-5-6-3-2-4-7-5/h5-6H,2-4H2,1H3. The summed E-state index contributed by atoms with van der Waals surface area (Å²) < 4.78 is 5.17. The molecule has 0 bridgehead atoms. The summed E-state index contributed by atoms with van der Waals surface area (Å²) in [4.78, 5) is 0. The third-order valence-electron chi connectivity index (χ3n) is 1.12. The van der Waals surface area contributed by atoms with E-state index in [0.29, 0.717) is 0 Å². The van der Waals surface area contributed by atoms with Crippen molar-refractivity contribution in [3.63, 3.8) is 0 Å². The van der Waals surface area contributed by atoms with E-state index in [9.17, 15) is 0 Å². The Labute approximate surface area is 43.9 Å². The van der Waals surface area contributed by atoms with Crippen LogP contribution in [0.2, 0.25) is 0 Å². The lowest BCUT2D eigenvalue weighted by Gasteiger charge is -2.19. The number of ether oxygens (including phenoxy) is 1. The summed E-state index contributed by atoms with van der Waals surface area (Å²) in [6.45, 7) is 4.06. The summed E-state index contributed by atoms with van der Waals surface area (Å²) >= 11 is 0. The Hall–Kier alpha value is -0.0800. The third kappa shape index (κ3) is 1.45. The Kier molecular flexibility index (Phi) is 1.65. The smallest absolute Gasteiger partial charge is 0.105 e. The van der Waals surface area contributed by atoms with Crippen LogP contribution in [0.15, 0.2) is 0 Å². The normalized spacial score (nSPS) is 33.0. The monoisotopic (exact) mass is 101 g/mol. The van der Waals surface area contributed by atoms with Crippen LogP contribution in [-0.4, -0.2) is 19.4 Å². The van der Waals surface area contributed by atoms with Gasteiger partial charge in [0.15, 0.2) is 0 Å². The van der Waals surface area contributed by atoms with Gasteiger partial charge in [-0.05, 0) is 19.9 Å². The first-order valence-corrected chi connectivity index (χ1v) is 2.74. The van der Waals surface area contributed by atoms with Crippen LogP contribution in [0.5, 0.6) is 0 Å². The fraction of sp³-hybridized carbons (Fsp3) is 1.00. The molecule has 0 aromatic heterocycles. The van der Waals surface area contributed by atoms with Crippen molar-refractivity contribution in [3.8, 4) is 0 Å². The largest absolute Gasteiger partial charge is 0.364 e. The molecule has 1 saturated heterocycles. The van der Waals surface area contributed by atoms with Crippen LogP contribution in [0.3, 0.4) is 0 Å². The summed E-state index contributed by atoms with van der Waals surface area (Å²) in [5.41, 5.74) is 0. The van der Waals surface area contributed by atoms with Gasteiger partial charge in [0.2, 0.25) is 0 Å². The summed E-state index contributed by atoms with van der Waals surface area (Å²) in [7, 11) is 0. The number of hydrogen-bond acceptors (Lipinski definition) is 2. The lowest BCUT2D eigenvalue weighted by atomic mass is 10.4. The van der Waals surface area contributed by atoms with Crippen molar-refractivity contribution in [1.82, 2.24) is 5.32 Å². The van der Waals surface area contributed by atoms with Crippen LogP contribution in [0.25, 0.3) is 0 Å². The van der Waals surface area contributed by atoms with Gasteiger partial charge in [-0.15, -0.1) is 0 Å². The zero-order valence-corrected chi connectivity index (χ0v) is 4.61. The van der Waals surface area contributed by atoms with Crippen LogP contribution in [-0.2, 0) is 4.74 Å². The van der Waals surface area contributed by atoms with Crippen molar-refractivity contribution in [2.24, 2.45) is 0 Å². The average Bonchev–Trinajstić information content (AvgIpc) is 1.69. The SMILES string of the molecule is CC1NCCCO1. The summed E-state index contributed by atoms with van der Waals surface area (Å²) in [6.07, 6.45) is 1.44. The second-order valence-corrected chi connectivity index (χ2v) is 1.82. The molecule has 1 atom stereocenters. The summed E-state index contributed by atoms with van der Waals surface area (Å²) in [5.74, 6) is 0. The van der Waals surface area contributed by atoms with Gasteiger partial charge in [-0.1, -0.05) is 0 Å². The van der Waals surface area contributed by atoms with E-state index in [2.05, 4.69) is 5.32 Å². The first kappa shape index (κ1) is 5.06. The molecule has 1 heterocycles. The Bertz CT molecular complexity index is 50.0. The molecule has 1 unspecified atom stereocenters. The van der Waals surface area contributed by atoms with Gasteiger partial charge in [0.25, 0.3) is 0 Å². The van der Waals surface area contributed by atoms with E-state index in [1.54, 1.807) is 0 Å². The van der Waals surface area contributed by atoms with Crippen molar-refractivity contribution < 1.29 is 4.74 Å². The third-order valence-corrected chi connectivity index (χ3v) is 1.12. The average molecular weight is 101 g/mol. The minimum Gasteiger partial charge on any atom is -0.364 e. The molecule has 1 N–H and O–H groups in total. The van der Waals surface area contributed by atoms with Gasteiger partial charge in [-0.25, -0.2) is 0 Å². The topological polar surface area (TPSA) is 21.3 Å². The zero-order valence-electron chi connectivity index (χ0n) is 4.61.